The first-order valence-electron chi connectivity index (χ1n) is 8.88. The van der Waals surface area contributed by atoms with Crippen LogP contribution in [-0.2, 0) is 16.6 Å². The molecule has 0 amide bonds. The predicted octanol–water partition coefficient (Wildman–Crippen LogP) is 1.34. The number of aromatic nitrogens is 2. The van der Waals surface area contributed by atoms with Crippen LogP contribution in [0.4, 0.5) is 0 Å². The van der Waals surface area contributed by atoms with E-state index < -0.39 is 16.0 Å². The highest BCUT2D eigenvalue weighted by Crippen LogP contribution is 2.21. The Morgan fingerprint density at radius 1 is 1.15 bits per heavy atom. The van der Waals surface area contributed by atoms with Gasteiger partial charge < -0.3 is 5.11 Å². The molecule has 2 aromatic rings. The molecule has 0 aliphatic carbocycles. The third-order valence-electron chi connectivity index (χ3n) is 4.73. The largest absolute Gasteiger partial charge is 0.478 e. The van der Waals surface area contributed by atoms with E-state index in [0.717, 1.165) is 5.56 Å². The average Bonchev–Trinajstić information content (AvgIpc) is 3.07. The van der Waals surface area contributed by atoms with Crippen LogP contribution in [-0.4, -0.2) is 70.7 Å². The van der Waals surface area contributed by atoms with Gasteiger partial charge in [-0.3, -0.25) is 9.58 Å². The van der Waals surface area contributed by atoms with E-state index in [-0.39, 0.29) is 10.6 Å². The molecular weight excluding hydrogens is 368 g/mol. The number of rotatable bonds is 6. The van der Waals surface area contributed by atoms with Crippen molar-refractivity contribution in [3.8, 4) is 0 Å². The standard InChI is InChI=1S/C18H24N4O4S/c1-14(2)20-8-10-22(11-9-20)27(25,26)17-16(18(23)24)13-21(19-17)12-15-6-4-3-5-7-15/h3-7,13-14H,8-12H2,1-2H3,(H,23,24). The molecule has 8 nitrogen and oxygen atoms in total. The molecule has 2 heterocycles. The van der Waals surface area contributed by atoms with Gasteiger partial charge in [-0.25, -0.2) is 13.2 Å². The van der Waals surface area contributed by atoms with Gasteiger partial charge in [-0.2, -0.15) is 9.40 Å². The first-order valence-corrected chi connectivity index (χ1v) is 10.3. The van der Waals surface area contributed by atoms with Crippen molar-refractivity contribution in [3.05, 3.63) is 47.7 Å². The quantitative estimate of drug-likeness (QED) is 0.797. The van der Waals surface area contributed by atoms with Crippen molar-refractivity contribution in [2.75, 3.05) is 26.2 Å². The Morgan fingerprint density at radius 3 is 2.33 bits per heavy atom. The Kier molecular flexibility index (Phi) is 5.64. The molecule has 0 radical (unpaired) electrons. The number of carboxylic acids is 1. The molecule has 1 aliphatic heterocycles. The van der Waals surface area contributed by atoms with Crippen molar-refractivity contribution in [2.45, 2.75) is 31.5 Å². The Bertz CT molecular complexity index is 901. The van der Waals surface area contributed by atoms with E-state index in [1.807, 2.05) is 30.3 Å². The summed E-state index contributed by atoms with van der Waals surface area (Å²) in [7, 11) is -3.96. The summed E-state index contributed by atoms with van der Waals surface area (Å²) in [5.41, 5.74) is 0.614. The summed E-state index contributed by atoms with van der Waals surface area (Å²) in [6, 6.07) is 9.70. The van der Waals surface area contributed by atoms with Crippen LogP contribution in [0.25, 0.3) is 0 Å². The van der Waals surface area contributed by atoms with Gasteiger partial charge in [-0.1, -0.05) is 30.3 Å². The van der Waals surface area contributed by atoms with Gasteiger partial charge in [0.05, 0.1) is 6.54 Å². The second-order valence-electron chi connectivity index (χ2n) is 6.87. The van der Waals surface area contributed by atoms with Gasteiger partial charge in [-0.05, 0) is 19.4 Å². The first kappa shape index (κ1) is 19.5. The summed E-state index contributed by atoms with van der Waals surface area (Å²) in [6.45, 7) is 6.32. The van der Waals surface area contributed by atoms with E-state index in [1.165, 1.54) is 15.2 Å². The van der Waals surface area contributed by atoms with E-state index >= 15 is 0 Å². The van der Waals surface area contributed by atoms with E-state index in [1.54, 1.807) is 0 Å². The zero-order chi connectivity index (χ0) is 19.6. The van der Waals surface area contributed by atoms with E-state index in [2.05, 4.69) is 23.8 Å². The first-order chi connectivity index (χ1) is 12.8. The normalized spacial score (nSPS) is 16.7. The Labute approximate surface area is 159 Å². The lowest BCUT2D eigenvalue weighted by atomic mass is 10.2. The van der Waals surface area contributed by atoms with Crippen molar-refractivity contribution >= 4 is 16.0 Å². The Morgan fingerprint density at radius 2 is 1.78 bits per heavy atom. The summed E-state index contributed by atoms with van der Waals surface area (Å²) in [6.07, 6.45) is 1.28. The smallest absolute Gasteiger partial charge is 0.340 e. The predicted molar refractivity (Wildman–Crippen MR) is 100 cm³/mol. The fourth-order valence-electron chi connectivity index (χ4n) is 3.17. The minimum atomic E-state index is -3.96. The maximum absolute atomic E-state index is 13.0. The number of piperazine rings is 1. The molecule has 1 saturated heterocycles. The third kappa shape index (κ3) is 4.20. The van der Waals surface area contributed by atoms with Crippen LogP contribution < -0.4 is 0 Å². The molecule has 0 bridgehead atoms. The topological polar surface area (TPSA) is 95.7 Å². The van der Waals surface area contributed by atoms with Gasteiger partial charge in [0.2, 0.25) is 5.03 Å². The monoisotopic (exact) mass is 392 g/mol. The third-order valence-corrected chi connectivity index (χ3v) is 6.57. The molecule has 3 rings (SSSR count). The van der Waals surface area contributed by atoms with Gasteiger partial charge in [0.25, 0.3) is 10.0 Å². The number of nitrogens with zero attached hydrogens (tertiary/aromatic N) is 4. The van der Waals surface area contributed by atoms with E-state index in [9.17, 15) is 18.3 Å². The summed E-state index contributed by atoms with van der Waals surface area (Å²) in [5.74, 6) is -1.30. The van der Waals surface area contributed by atoms with Crippen molar-refractivity contribution in [1.29, 1.82) is 0 Å². The van der Waals surface area contributed by atoms with Crippen LogP contribution in [0.1, 0.15) is 29.8 Å². The highest BCUT2D eigenvalue weighted by Gasteiger charge is 2.35. The maximum atomic E-state index is 13.0. The number of hydrogen-bond donors (Lipinski definition) is 1. The lowest BCUT2D eigenvalue weighted by Crippen LogP contribution is -2.50. The number of carboxylic acid groups (broad SMARTS) is 1. The van der Waals surface area contributed by atoms with Gasteiger partial charge in [0.1, 0.15) is 5.56 Å². The number of benzene rings is 1. The number of hydrogen-bond acceptors (Lipinski definition) is 5. The highest BCUT2D eigenvalue weighted by atomic mass is 32.2. The van der Waals surface area contributed by atoms with Crippen molar-refractivity contribution in [2.24, 2.45) is 0 Å². The zero-order valence-electron chi connectivity index (χ0n) is 15.4. The lowest BCUT2D eigenvalue weighted by Gasteiger charge is -2.35. The summed E-state index contributed by atoms with van der Waals surface area (Å²) in [5, 5.41) is 13.2. The molecule has 0 spiro atoms. The second kappa shape index (κ2) is 7.79. The van der Waals surface area contributed by atoms with Gasteiger partial charge in [0, 0.05) is 38.4 Å². The fourth-order valence-corrected chi connectivity index (χ4v) is 4.69. The molecule has 1 aromatic carbocycles. The van der Waals surface area contributed by atoms with Gasteiger partial charge >= 0.3 is 5.97 Å². The molecule has 1 fully saturated rings. The molecule has 0 atom stereocenters. The van der Waals surface area contributed by atoms with Gasteiger partial charge in [0.15, 0.2) is 0 Å². The fraction of sp³-hybridized carbons (Fsp3) is 0.444. The number of sulfonamides is 1. The summed E-state index contributed by atoms with van der Waals surface area (Å²) >= 11 is 0. The average molecular weight is 392 g/mol. The molecule has 9 heteroatoms. The lowest BCUT2D eigenvalue weighted by molar-refractivity contribution is 0.0692. The molecule has 1 aromatic heterocycles. The van der Waals surface area contributed by atoms with Crippen LogP contribution in [0.3, 0.4) is 0 Å². The van der Waals surface area contributed by atoms with E-state index in [4.69, 9.17) is 0 Å². The summed E-state index contributed by atoms with van der Waals surface area (Å²) in [4.78, 5) is 13.8. The maximum Gasteiger partial charge on any atom is 0.340 e. The molecule has 0 unspecified atom stereocenters. The molecule has 27 heavy (non-hydrogen) atoms. The van der Waals surface area contributed by atoms with Crippen LogP contribution in [0.15, 0.2) is 41.6 Å². The van der Waals surface area contributed by atoms with E-state index in [0.29, 0.717) is 38.8 Å². The molecule has 0 saturated carbocycles. The van der Waals surface area contributed by atoms with Crippen molar-refractivity contribution in [1.82, 2.24) is 19.0 Å². The molecule has 1 N–H and O–H groups in total. The highest BCUT2D eigenvalue weighted by molar-refractivity contribution is 7.89. The number of aromatic carboxylic acids is 1. The molecule has 146 valence electrons. The Balaban J connectivity index is 1.87. The zero-order valence-corrected chi connectivity index (χ0v) is 16.3. The SMILES string of the molecule is CC(C)N1CCN(S(=O)(=O)c2nn(Cc3ccccc3)cc2C(=O)O)CC1. The van der Waals surface area contributed by atoms with Crippen molar-refractivity contribution < 1.29 is 18.3 Å². The van der Waals surface area contributed by atoms with Crippen LogP contribution in [0.2, 0.25) is 0 Å². The second-order valence-corrected chi connectivity index (χ2v) is 8.72. The minimum absolute atomic E-state index is 0.294. The summed E-state index contributed by atoms with van der Waals surface area (Å²) < 4.78 is 28.7. The van der Waals surface area contributed by atoms with Crippen molar-refractivity contribution in [3.63, 3.8) is 0 Å². The van der Waals surface area contributed by atoms with Crippen LogP contribution in [0.5, 0.6) is 0 Å². The molecular formula is C18H24N4O4S. The Hall–Kier alpha value is -2.23. The number of carbonyl (C=O) groups is 1. The minimum Gasteiger partial charge on any atom is -0.478 e. The van der Waals surface area contributed by atoms with Gasteiger partial charge in [-0.15, -0.1) is 0 Å². The molecule has 1 aliphatic rings. The van der Waals surface area contributed by atoms with Crippen LogP contribution in [0, 0.1) is 0 Å². The van der Waals surface area contributed by atoms with Crippen LogP contribution >= 0.6 is 0 Å².